The van der Waals surface area contributed by atoms with E-state index in [4.69, 9.17) is 9.47 Å². The van der Waals surface area contributed by atoms with Gasteiger partial charge in [0.1, 0.15) is 11.6 Å². The van der Waals surface area contributed by atoms with E-state index in [2.05, 4.69) is 20.8 Å². The highest BCUT2D eigenvalue weighted by Gasteiger charge is 2.26. The van der Waals surface area contributed by atoms with Crippen molar-refractivity contribution in [2.75, 3.05) is 44.0 Å². The van der Waals surface area contributed by atoms with Crippen molar-refractivity contribution < 1.29 is 31.9 Å². The van der Waals surface area contributed by atoms with Crippen molar-refractivity contribution in [2.24, 2.45) is 0 Å². The van der Waals surface area contributed by atoms with Gasteiger partial charge in [-0.2, -0.15) is 4.31 Å². The van der Waals surface area contributed by atoms with Crippen LogP contribution in [-0.2, 0) is 26.1 Å². The van der Waals surface area contributed by atoms with Crippen LogP contribution < -0.4 is 15.4 Å². The molecule has 236 valence electrons. The van der Waals surface area contributed by atoms with Gasteiger partial charge in [-0.05, 0) is 79.7 Å². The molecule has 2 heterocycles. The Bertz CT molecular complexity index is 1730. The largest absolute Gasteiger partial charge is 0.494 e. The molecule has 1 saturated heterocycles. The van der Waals surface area contributed by atoms with E-state index in [-0.39, 0.29) is 41.8 Å². The van der Waals surface area contributed by atoms with Crippen LogP contribution in [0.15, 0.2) is 82.8 Å². The summed E-state index contributed by atoms with van der Waals surface area (Å²) >= 11 is 1.14. The molecule has 1 aliphatic heterocycles. The number of hydrogen-bond donors (Lipinski definition) is 2. The first kappa shape index (κ1) is 32.1. The molecule has 1 fully saturated rings. The molecule has 1 aromatic heterocycles. The number of rotatable bonds is 12. The number of carbonyl (C=O) groups is 2. The van der Waals surface area contributed by atoms with E-state index < -0.39 is 21.7 Å². The highest BCUT2D eigenvalue weighted by molar-refractivity contribution is 7.99. The van der Waals surface area contributed by atoms with Crippen LogP contribution in [-0.4, -0.2) is 78.0 Å². The second-order valence-electron chi connectivity index (χ2n) is 9.73. The van der Waals surface area contributed by atoms with Crippen molar-refractivity contribution >= 4 is 39.3 Å². The third kappa shape index (κ3) is 8.05. The maximum Gasteiger partial charge on any atom is 0.251 e. The fourth-order valence-electron chi connectivity index (χ4n) is 4.46. The van der Waals surface area contributed by atoms with Crippen LogP contribution in [0, 0.1) is 5.82 Å². The lowest BCUT2D eigenvalue weighted by Gasteiger charge is -2.26. The van der Waals surface area contributed by atoms with Crippen LogP contribution in [0.5, 0.6) is 5.75 Å². The van der Waals surface area contributed by atoms with Gasteiger partial charge in [-0.1, -0.05) is 11.8 Å². The normalized spacial score (nSPS) is 13.7. The zero-order chi connectivity index (χ0) is 31.8. The van der Waals surface area contributed by atoms with E-state index in [1.807, 2.05) is 19.1 Å². The maximum atomic E-state index is 13.2. The van der Waals surface area contributed by atoms with Crippen LogP contribution >= 0.6 is 11.8 Å². The molecule has 0 aliphatic carbocycles. The fourth-order valence-corrected chi connectivity index (χ4v) is 6.64. The molecule has 2 amide bonds. The van der Waals surface area contributed by atoms with E-state index in [1.54, 1.807) is 16.7 Å². The second kappa shape index (κ2) is 14.6. The third-order valence-electron chi connectivity index (χ3n) is 6.70. The molecule has 2 N–H and O–H groups in total. The average molecular weight is 655 g/mol. The predicted octanol–water partition coefficient (Wildman–Crippen LogP) is 3.49. The predicted molar refractivity (Wildman–Crippen MR) is 165 cm³/mol. The maximum absolute atomic E-state index is 13.2. The van der Waals surface area contributed by atoms with E-state index in [0.29, 0.717) is 47.9 Å². The summed E-state index contributed by atoms with van der Waals surface area (Å²) < 4.78 is 52.9. The number of aromatic nitrogens is 3. The van der Waals surface area contributed by atoms with Gasteiger partial charge in [-0.25, -0.2) is 12.8 Å². The topological polar surface area (TPSA) is 145 Å². The molecule has 0 unspecified atom stereocenters. The first-order chi connectivity index (χ1) is 21.7. The lowest BCUT2D eigenvalue weighted by atomic mass is 10.2. The minimum Gasteiger partial charge on any atom is -0.494 e. The SMILES string of the molecule is CCOc1ccc(-n2c(CNC(=O)c3ccc(S(=O)(=O)N4CCOCC4)cc3)nnc2SCC(=O)Nc2ccc(F)cc2)cc1. The zero-order valence-electron chi connectivity index (χ0n) is 24.3. The Balaban J connectivity index is 1.29. The van der Waals surface area contributed by atoms with Crippen molar-refractivity contribution in [3.8, 4) is 11.4 Å². The number of carbonyl (C=O) groups excluding carboxylic acids is 2. The molecule has 1 aliphatic rings. The lowest BCUT2D eigenvalue weighted by molar-refractivity contribution is -0.113. The molecule has 15 heteroatoms. The monoisotopic (exact) mass is 654 g/mol. The summed E-state index contributed by atoms with van der Waals surface area (Å²) in [6.07, 6.45) is 0. The summed E-state index contributed by atoms with van der Waals surface area (Å²) in [4.78, 5) is 25.7. The Hall–Kier alpha value is -4.31. The van der Waals surface area contributed by atoms with Crippen molar-refractivity contribution in [1.82, 2.24) is 24.4 Å². The molecule has 0 radical (unpaired) electrons. The number of hydrogen-bond acceptors (Lipinski definition) is 9. The molecule has 0 bridgehead atoms. The molecule has 0 atom stereocenters. The third-order valence-corrected chi connectivity index (χ3v) is 9.54. The van der Waals surface area contributed by atoms with Gasteiger partial charge >= 0.3 is 0 Å². The zero-order valence-corrected chi connectivity index (χ0v) is 25.9. The first-order valence-corrected chi connectivity index (χ1v) is 16.5. The van der Waals surface area contributed by atoms with Gasteiger partial charge in [0.2, 0.25) is 15.9 Å². The lowest BCUT2D eigenvalue weighted by Crippen LogP contribution is -2.40. The van der Waals surface area contributed by atoms with E-state index in [9.17, 15) is 22.4 Å². The highest BCUT2D eigenvalue weighted by atomic mass is 32.2. The number of nitrogens with zero attached hydrogens (tertiary/aromatic N) is 4. The van der Waals surface area contributed by atoms with E-state index in [1.165, 1.54) is 52.8 Å². The summed E-state index contributed by atoms with van der Waals surface area (Å²) in [5.74, 6) is -0.0736. The van der Waals surface area contributed by atoms with Crippen LogP contribution in [0.1, 0.15) is 23.1 Å². The molecule has 3 aromatic carbocycles. The molecular weight excluding hydrogens is 623 g/mol. The quantitative estimate of drug-likeness (QED) is 0.219. The van der Waals surface area contributed by atoms with E-state index >= 15 is 0 Å². The Morgan fingerprint density at radius 3 is 2.33 bits per heavy atom. The Kier molecular flexibility index (Phi) is 10.4. The molecule has 0 saturated carbocycles. The number of nitrogens with one attached hydrogen (secondary N) is 2. The molecular formula is C30H31FN6O6S2. The van der Waals surface area contributed by atoms with Crippen molar-refractivity contribution in [3.63, 3.8) is 0 Å². The number of thioether (sulfide) groups is 1. The van der Waals surface area contributed by atoms with Crippen LogP contribution in [0.3, 0.4) is 0 Å². The van der Waals surface area contributed by atoms with Gasteiger partial charge in [-0.3, -0.25) is 14.2 Å². The summed E-state index contributed by atoms with van der Waals surface area (Å²) in [5.41, 5.74) is 1.42. The molecule has 0 spiro atoms. The molecule has 4 aromatic rings. The molecule has 5 rings (SSSR count). The molecule has 12 nitrogen and oxygen atoms in total. The van der Waals surface area contributed by atoms with Gasteiger partial charge in [-0.15, -0.1) is 10.2 Å². The van der Waals surface area contributed by atoms with Gasteiger partial charge in [0, 0.05) is 30.0 Å². The minimum atomic E-state index is -3.69. The van der Waals surface area contributed by atoms with Crippen LogP contribution in [0.25, 0.3) is 5.69 Å². The van der Waals surface area contributed by atoms with Gasteiger partial charge in [0.25, 0.3) is 5.91 Å². The average Bonchev–Trinajstić information content (AvgIpc) is 3.47. The summed E-state index contributed by atoms with van der Waals surface area (Å²) in [7, 11) is -3.69. The standard InChI is InChI=1S/C30H31FN6O6S2/c1-2-43-25-11-9-24(10-12-25)37-27(34-35-30(37)44-20-28(38)33-23-7-5-22(31)6-8-23)19-32-29(39)21-3-13-26(14-4-21)45(40,41)36-15-17-42-18-16-36/h3-14H,2,15-20H2,1H3,(H,32,39)(H,33,38). The van der Waals surface area contributed by atoms with Gasteiger partial charge in [0.05, 0.1) is 37.0 Å². The number of halogens is 1. The van der Waals surface area contributed by atoms with E-state index in [0.717, 1.165) is 11.8 Å². The number of benzene rings is 3. The van der Waals surface area contributed by atoms with Gasteiger partial charge in [0.15, 0.2) is 11.0 Å². The Morgan fingerprint density at radius 1 is 0.978 bits per heavy atom. The van der Waals surface area contributed by atoms with Crippen molar-refractivity contribution in [3.05, 3.63) is 90.0 Å². The smallest absolute Gasteiger partial charge is 0.251 e. The summed E-state index contributed by atoms with van der Waals surface area (Å²) in [6.45, 7) is 3.62. The molecule has 45 heavy (non-hydrogen) atoms. The number of sulfonamides is 1. The minimum absolute atomic E-state index is 0.00138. The fraction of sp³-hybridized carbons (Fsp3) is 0.267. The Morgan fingerprint density at radius 2 is 1.67 bits per heavy atom. The number of morpholine rings is 1. The Labute approximate surface area is 264 Å². The van der Waals surface area contributed by atoms with Gasteiger partial charge < -0.3 is 20.1 Å². The number of anilines is 1. The van der Waals surface area contributed by atoms with Crippen LogP contribution in [0.2, 0.25) is 0 Å². The summed E-state index contributed by atoms with van der Waals surface area (Å²) in [5, 5.41) is 14.5. The van der Waals surface area contributed by atoms with Crippen molar-refractivity contribution in [2.45, 2.75) is 23.5 Å². The highest BCUT2D eigenvalue weighted by Crippen LogP contribution is 2.25. The first-order valence-electron chi connectivity index (χ1n) is 14.1. The number of amides is 2. The van der Waals surface area contributed by atoms with Crippen molar-refractivity contribution in [1.29, 1.82) is 0 Å². The van der Waals surface area contributed by atoms with Crippen LogP contribution in [0.4, 0.5) is 10.1 Å². The summed E-state index contributed by atoms with van der Waals surface area (Å²) in [6, 6.07) is 18.4. The number of ether oxygens (including phenoxy) is 2. The second-order valence-corrected chi connectivity index (χ2v) is 12.6.